The molecule has 0 saturated carbocycles. The number of carbonyl (C=O) groups excluding carboxylic acids is 1. The van der Waals surface area contributed by atoms with E-state index in [1.165, 1.54) is 13.1 Å². The fourth-order valence-corrected chi connectivity index (χ4v) is 2.28. The average Bonchev–Trinajstić information content (AvgIpc) is 2.57. The fraction of sp³-hybridized carbons (Fsp3) is 0.176. The predicted molar refractivity (Wildman–Crippen MR) is 89.6 cm³/mol. The van der Waals surface area contributed by atoms with Gasteiger partial charge in [-0.05, 0) is 36.2 Å². The number of hydrogen-bond donors (Lipinski definition) is 4. The van der Waals surface area contributed by atoms with E-state index < -0.39 is 12.0 Å². The number of para-hydroxylation sites is 1. The van der Waals surface area contributed by atoms with Gasteiger partial charge in [0.1, 0.15) is 0 Å². The van der Waals surface area contributed by atoms with Crippen molar-refractivity contribution >= 4 is 23.4 Å². The molecule has 0 bridgehead atoms. The number of benzene rings is 2. The van der Waals surface area contributed by atoms with E-state index in [1.54, 1.807) is 36.4 Å². The molecule has 7 heteroatoms. The van der Waals surface area contributed by atoms with Crippen LogP contribution in [-0.4, -0.2) is 34.4 Å². The Morgan fingerprint density at radius 3 is 2.42 bits per heavy atom. The molecule has 2 amide bonds. The number of carbonyl (C=O) groups is 2. The normalized spacial score (nSPS) is 10.1. The van der Waals surface area contributed by atoms with Gasteiger partial charge in [0.15, 0.2) is 0 Å². The molecule has 0 atom stereocenters. The quantitative estimate of drug-likeness (QED) is 0.499. The number of aromatic carboxylic acids is 1. The molecule has 0 aliphatic carbocycles. The van der Waals surface area contributed by atoms with Crippen LogP contribution in [-0.2, 0) is 6.54 Å². The number of amides is 2. The first-order valence-corrected chi connectivity index (χ1v) is 7.30. The number of rotatable bonds is 5. The van der Waals surface area contributed by atoms with E-state index in [1.807, 2.05) is 6.92 Å². The van der Waals surface area contributed by atoms with Crippen molar-refractivity contribution in [3.63, 3.8) is 0 Å². The first-order chi connectivity index (χ1) is 11.4. The summed E-state index contributed by atoms with van der Waals surface area (Å²) in [5.41, 5.74) is 2.87. The molecule has 0 unspecified atom stereocenters. The van der Waals surface area contributed by atoms with Crippen LogP contribution in [0.25, 0.3) is 0 Å². The number of nitrogens with one attached hydrogen (secondary N) is 2. The minimum atomic E-state index is -1.02. The first kappa shape index (κ1) is 17.3. The number of hydroxylamine groups is 2. The molecule has 0 spiro atoms. The molecular formula is C17H19N3O4. The number of urea groups is 1. The molecule has 2 aromatic rings. The Kier molecular flexibility index (Phi) is 5.39. The van der Waals surface area contributed by atoms with Crippen molar-refractivity contribution in [1.29, 1.82) is 0 Å². The van der Waals surface area contributed by atoms with Crippen LogP contribution in [0.3, 0.4) is 0 Å². The van der Waals surface area contributed by atoms with E-state index in [4.69, 9.17) is 0 Å². The maximum Gasteiger partial charge on any atom is 0.341 e. The van der Waals surface area contributed by atoms with Crippen LogP contribution in [0.4, 0.5) is 16.2 Å². The summed E-state index contributed by atoms with van der Waals surface area (Å²) in [7, 11) is 1.43. The fourth-order valence-electron chi connectivity index (χ4n) is 2.28. The van der Waals surface area contributed by atoms with Crippen LogP contribution in [0.15, 0.2) is 42.5 Å². The Hall–Kier alpha value is -3.06. The number of anilines is 2. The number of carboxylic acid groups (broad SMARTS) is 1. The molecule has 0 saturated heterocycles. The second-order valence-electron chi connectivity index (χ2n) is 5.18. The molecule has 0 aromatic heterocycles. The van der Waals surface area contributed by atoms with Gasteiger partial charge in [0.05, 0.1) is 17.8 Å². The highest BCUT2D eigenvalue weighted by Crippen LogP contribution is 2.26. The van der Waals surface area contributed by atoms with Gasteiger partial charge in [-0.25, -0.2) is 14.7 Å². The summed E-state index contributed by atoms with van der Waals surface area (Å²) in [6, 6.07) is 11.4. The van der Waals surface area contributed by atoms with Crippen molar-refractivity contribution in [1.82, 2.24) is 10.4 Å². The van der Waals surface area contributed by atoms with E-state index in [0.29, 0.717) is 16.4 Å². The maximum atomic E-state index is 11.4. The van der Waals surface area contributed by atoms with Gasteiger partial charge in [0.25, 0.3) is 0 Å². The lowest BCUT2D eigenvalue weighted by molar-refractivity contribution is -0.0502. The number of hydrogen-bond acceptors (Lipinski definition) is 4. The van der Waals surface area contributed by atoms with E-state index in [0.717, 1.165) is 11.1 Å². The van der Waals surface area contributed by atoms with Crippen molar-refractivity contribution in [3.8, 4) is 0 Å². The maximum absolute atomic E-state index is 11.4. The highest BCUT2D eigenvalue weighted by molar-refractivity contribution is 5.95. The zero-order valence-electron chi connectivity index (χ0n) is 13.4. The van der Waals surface area contributed by atoms with Gasteiger partial charge in [-0.1, -0.05) is 24.3 Å². The Balaban J connectivity index is 2.29. The van der Waals surface area contributed by atoms with E-state index in [-0.39, 0.29) is 12.1 Å². The summed E-state index contributed by atoms with van der Waals surface area (Å²) in [5, 5.41) is 25.0. The molecule has 2 aromatic carbocycles. The van der Waals surface area contributed by atoms with E-state index in [9.17, 15) is 19.9 Å². The van der Waals surface area contributed by atoms with Crippen LogP contribution in [0.2, 0.25) is 0 Å². The Labute approximate surface area is 139 Å². The van der Waals surface area contributed by atoms with Crippen molar-refractivity contribution < 1.29 is 19.9 Å². The molecular weight excluding hydrogens is 310 g/mol. The third-order valence-corrected chi connectivity index (χ3v) is 3.64. The summed E-state index contributed by atoms with van der Waals surface area (Å²) in [5.74, 6) is -1.02. The molecule has 0 radical (unpaired) electrons. The average molecular weight is 329 g/mol. The van der Waals surface area contributed by atoms with Gasteiger partial charge in [-0.2, -0.15) is 0 Å². The highest BCUT2D eigenvalue weighted by Gasteiger charge is 2.14. The highest BCUT2D eigenvalue weighted by atomic mass is 16.5. The van der Waals surface area contributed by atoms with Gasteiger partial charge in [0.2, 0.25) is 0 Å². The standard InChI is InChI=1S/C17H19N3O4/c1-11-12(10-20(24)17(23)18-2)6-5-9-14(11)19-15-8-4-3-7-13(15)16(21)22/h3-9,19,24H,10H2,1-2H3,(H,18,23)(H,21,22). The van der Waals surface area contributed by atoms with Gasteiger partial charge >= 0.3 is 12.0 Å². The number of nitrogens with zero attached hydrogens (tertiary/aromatic N) is 1. The molecule has 0 aliphatic heterocycles. The molecule has 126 valence electrons. The number of carboxylic acids is 1. The topological polar surface area (TPSA) is 102 Å². The van der Waals surface area contributed by atoms with Crippen molar-refractivity contribution in [2.75, 3.05) is 12.4 Å². The van der Waals surface area contributed by atoms with Crippen LogP contribution in [0, 0.1) is 6.92 Å². The van der Waals surface area contributed by atoms with Crippen molar-refractivity contribution in [2.45, 2.75) is 13.5 Å². The second-order valence-corrected chi connectivity index (χ2v) is 5.18. The molecule has 0 heterocycles. The molecule has 2 rings (SSSR count). The summed E-state index contributed by atoms with van der Waals surface area (Å²) in [6.07, 6.45) is 0. The Bertz CT molecular complexity index is 761. The van der Waals surface area contributed by atoms with Crippen LogP contribution >= 0.6 is 0 Å². The van der Waals surface area contributed by atoms with Gasteiger partial charge in [0, 0.05) is 12.7 Å². The third kappa shape index (κ3) is 3.82. The van der Waals surface area contributed by atoms with Crippen LogP contribution in [0.5, 0.6) is 0 Å². The minimum absolute atomic E-state index is 0.0155. The van der Waals surface area contributed by atoms with Crippen LogP contribution < -0.4 is 10.6 Å². The zero-order valence-corrected chi connectivity index (χ0v) is 13.4. The molecule has 0 fully saturated rings. The van der Waals surface area contributed by atoms with Crippen molar-refractivity contribution in [3.05, 3.63) is 59.2 Å². The molecule has 0 aliphatic rings. The lowest BCUT2D eigenvalue weighted by atomic mass is 10.1. The third-order valence-electron chi connectivity index (χ3n) is 3.64. The van der Waals surface area contributed by atoms with Crippen LogP contribution in [0.1, 0.15) is 21.5 Å². The predicted octanol–water partition coefficient (Wildman–Crippen LogP) is 2.97. The van der Waals surface area contributed by atoms with Crippen molar-refractivity contribution in [2.24, 2.45) is 0 Å². The van der Waals surface area contributed by atoms with Gasteiger partial charge in [-0.3, -0.25) is 5.21 Å². The van der Waals surface area contributed by atoms with Gasteiger partial charge in [-0.15, -0.1) is 0 Å². The van der Waals surface area contributed by atoms with E-state index >= 15 is 0 Å². The lowest BCUT2D eigenvalue weighted by Gasteiger charge is -2.18. The first-order valence-electron chi connectivity index (χ1n) is 7.30. The van der Waals surface area contributed by atoms with Gasteiger partial charge < -0.3 is 15.7 Å². The Morgan fingerprint density at radius 2 is 1.75 bits per heavy atom. The monoisotopic (exact) mass is 329 g/mol. The summed E-state index contributed by atoms with van der Waals surface area (Å²) >= 11 is 0. The minimum Gasteiger partial charge on any atom is -0.478 e. The summed E-state index contributed by atoms with van der Waals surface area (Å²) < 4.78 is 0. The SMILES string of the molecule is CNC(=O)N(O)Cc1cccc(Nc2ccccc2C(=O)O)c1C. The lowest BCUT2D eigenvalue weighted by Crippen LogP contribution is -2.35. The largest absolute Gasteiger partial charge is 0.478 e. The smallest absolute Gasteiger partial charge is 0.341 e. The zero-order chi connectivity index (χ0) is 17.7. The summed E-state index contributed by atoms with van der Waals surface area (Å²) in [6.45, 7) is 1.85. The molecule has 4 N–H and O–H groups in total. The Morgan fingerprint density at radius 1 is 1.08 bits per heavy atom. The second kappa shape index (κ2) is 7.47. The van der Waals surface area contributed by atoms with E-state index in [2.05, 4.69) is 10.6 Å². The molecule has 7 nitrogen and oxygen atoms in total. The molecule has 24 heavy (non-hydrogen) atoms. The summed E-state index contributed by atoms with van der Waals surface area (Å²) in [4.78, 5) is 22.7.